The van der Waals surface area contributed by atoms with Gasteiger partial charge in [0, 0.05) is 17.0 Å². The maximum Gasteiger partial charge on any atom is 0.261 e. The van der Waals surface area contributed by atoms with Crippen molar-refractivity contribution in [2.45, 2.75) is 24.9 Å². The fourth-order valence-corrected chi connectivity index (χ4v) is 4.41. The van der Waals surface area contributed by atoms with Crippen LogP contribution in [-0.4, -0.2) is 29.6 Å². The summed E-state index contributed by atoms with van der Waals surface area (Å²) in [6.07, 6.45) is 2.29. The Balaban J connectivity index is 1.46. The molecule has 1 saturated carbocycles. The predicted molar refractivity (Wildman–Crippen MR) is 87.2 cm³/mol. The summed E-state index contributed by atoms with van der Waals surface area (Å²) in [5.74, 6) is 1.00. The monoisotopic (exact) mass is 314 g/mol. The molecule has 22 heavy (non-hydrogen) atoms. The molecular formula is C17H18N2O2S. The minimum Gasteiger partial charge on any atom is -0.508 e. The summed E-state index contributed by atoms with van der Waals surface area (Å²) in [4.78, 5) is 14.2. The number of rotatable bonds is 3. The molecule has 0 spiro atoms. The van der Waals surface area contributed by atoms with Crippen LogP contribution >= 0.6 is 11.3 Å². The van der Waals surface area contributed by atoms with Gasteiger partial charge in [0.05, 0.1) is 4.88 Å². The Morgan fingerprint density at radius 3 is 2.68 bits per heavy atom. The summed E-state index contributed by atoms with van der Waals surface area (Å²) in [5, 5.41) is 16.0. The molecular weight excluding hydrogens is 296 g/mol. The lowest BCUT2D eigenvalue weighted by atomic mass is 10.1. The minimum absolute atomic E-state index is 0.0226. The predicted octanol–water partition coefficient (Wildman–Crippen LogP) is 2.60. The second-order valence-corrected chi connectivity index (χ2v) is 7.23. The van der Waals surface area contributed by atoms with Crippen molar-refractivity contribution >= 4 is 17.2 Å². The molecule has 1 aliphatic carbocycles. The standard InChI is InChI=1S/C17H18N2O2S/c20-12-3-1-11(2-4-12)15-5-6-16(22-15)17(21)19-14-8-10-7-13(14)18-9-10/h1-6,10,13-14,18,20H,7-9H2,(H,19,21). The van der Waals surface area contributed by atoms with Crippen molar-refractivity contribution in [3.05, 3.63) is 41.3 Å². The number of aromatic hydroxyl groups is 1. The molecule has 3 N–H and O–H groups in total. The first-order chi connectivity index (χ1) is 10.7. The van der Waals surface area contributed by atoms with Crippen LogP contribution in [0.3, 0.4) is 0 Å². The topological polar surface area (TPSA) is 61.4 Å². The van der Waals surface area contributed by atoms with E-state index < -0.39 is 0 Å². The number of nitrogens with one attached hydrogen (secondary N) is 2. The third kappa shape index (κ3) is 2.51. The van der Waals surface area contributed by atoms with E-state index >= 15 is 0 Å². The van der Waals surface area contributed by atoms with Crippen LogP contribution in [0.5, 0.6) is 5.75 Å². The van der Waals surface area contributed by atoms with Gasteiger partial charge in [0.25, 0.3) is 5.91 Å². The van der Waals surface area contributed by atoms with E-state index in [9.17, 15) is 9.90 Å². The molecule has 4 rings (SSSR count). The molecule has 3 unspecified atom stereocenters. The number of phenolic OH excluding ortho intramolecular Hbond substituents is 1. The molecule has 0 radical (unpaired) electrons. The van der Waals surface area contributed by atoms with Crippen molar-refractivity contribution in [3.63, 3.8) is 0 Å². The lowest BCUT2D eigenvalue weighted by Crippen LogP contribution is -2.47. The van der Waals surface area contributed by atoms with Crippen LogP contribution in [0.1, 0.15) is 22.5 Å². The molecule has 3 atom stereocenters. The van der Waals surface area contributed by atoms with E-state index in [0.29, 0.717) is 6.04 Å². The van der Waals surface area contributed by atoms with Gasteiger partial charge in [0.1, 0.15) is 5.75 Å². The number of hydrogen-bond acceptors (Lipinski definition) is 4. The van der Waals surface area contributed by atoms with E-state index in [1.807, 2.05) is 24.3 Å². The first kappa shape index (κ1) is 13.8. The van der Waals surface area contributed by atoms with Gasteiger partial charge in [-0.3, -0.25) is 4.79 Å². The lowest BCUT2D eigenvalue weighted by Gasteiger charge is -2.23. The first-order valence-electron chi connectivity index (χ1n) is 7.62. The Bertz CT molecular complexity index is 695. The SMILES string of the molecule is O=C(NC1CC2CNC1C2)c1ccc(-c2ccc(O)cc2)s1. The molecule has 4 nitrogen and oxygen atoms in total. The van der Waals surface area contributed by atoms with E-state index in [4.69, 9.17) is 0 Å². The van der Waals surface area contributed by atoms with Crippen LogP contribution < -0.4 is 10.6 Å². The van der Waals surface area contributed by atoms with Gasteiger partial charge in [-0.05, 0) is 67.3 Å². The molecule has 2 bridgehead atoms. The average Bonchev–Trinajstić information content (AvgIpc) is 3.24. The Hall–Kier alpha value is -1.85. The van der Waals surface area contributed by atoms with Gasteiger partial charge in [0.15, 0.2) is 0 Å². The van der Waals surface area contributed by atoms with Crippen molar-refractivity contribution in [1.82, 2.24) is 10.6 Å². The molecule has 1 amide bonds. The zero-order valence-electron chi connectivity index (χ0n) is 12.1. The zero-order chi connectivity index (χ0) is 15.1. The highest BCUT2D eigenvalue weighted by molar-refractivity contribution is 7.17. The van der Waals surface area contributed by atoms with Crippen molar-refractivity contribution < 1.29 is 9.90 Å². The third-order valence-electron chi connectivity index (χ3n) is 4.63. The average molecular weight is 314 g/mol. The van der Waals surface area contributed by atoms with E-state index in [1.165, 1.54) is 17.8 Å². The molecule has 5 heteroatoms. The third-order valence-corrected chi connectivity index (χ3v) is 5.76. The number of piperidine rings is 1. The minimum atomic E-state index is 0.0226. The van der Waals surface area contributed by atoms with Gasteiger partial charge in [0.2, 0.25) is 0 Å². The molecule has 2 aliphatic rings. The number of phenols is 1. The van der Waals surface area contributed by atoms with Crippen LogP contribution in [0, 0.1) is 5.92 Å². The van der Waals surface area contributed by atoms with Crippen LogP contribution in [0.15, 0.2) is 36.4 Å². The van der Waals surface area contributed by atoms with Crippen LogP contribution in [-0.2, 0) is 0 Å². The Kier molecular flexibility index (Phi) is 3.39. The van der Waals surface area contributed by atoms with E-state index in [0.717, 1.165) is 34.2 Å². The maximum atomic E-state index is 12.4. The fraction of sp³-hybridized carbons (Fsp3) is 0.353. The van der Waals surface area contributed by atoms with Crippen molar-refractivity contribution in [2.75, 3.05) is 6.54 Å². The quantitative estimate of drug-likeness (QED) is 0.816. The Morgan fingerprint density at radius 1 is 1.18 bits per heavy atom. The van der Waals surface area contributed by atoms with Crippen molar-refractivity contribution in [3.8, 4) is 16.2 Å². The van der Waals surface area contributed by atoms with E-state index in [2.05, 4.69) is 10.6 Å². The Morgan fingerprint density at radius 2 is 2.00 bits per heavy atom. The number of carbonyl (C=O) groups excluding carboxylic acids is 1. The second kappa shape index (κ2) is 5.41. The summed E-state index contributed by atoms with van der Waals surface area (Å²) in [7, 11) is 0. The van der Waals surface area contributed by atoms with Gasteiger partial charge in [-0.1, -0.05) is 0 Å². The van der Waals surface area contributed by atoms with E-state index in [1.54, 1.807) is 12.1 Å². The molecule has 2 fully saturated rings. The molecule has 2 aromatic rings. The lowest BCUT2D eigenvalue weighted by molar-refractivity contribution is 0.0932. The molecule has 1 saturated heterocycles. The zero-order valence-corrected chi connectivity index (χ0v) is 12.9. The second-order valence-electron chi connectivity index (χ2n) is 6.14. The van der Waals surface area contributed by atoms with E-state index in [-0.39, 0.29) is 17.7 Å². The smallest absolute Gasteiger partial charge is 0.261 e. The summed E-state index contributed by atoms with van der Waals surface area (Å²) in [6.45, 7) is 1.10. The number of fused-ring (bicyclic) bond motifs is 2. The number of thiophene rings is 1. The van der Waals surface area contributed by atoms with Crippen molar-refractivity contribution in [1.29, 1.82) is 0 Å². The van der Waals surface area contributed by atoms with Gasteiger partial charge in [-0.15, -0.1) is 11.3 Å². The maximum absolute atomic E-state index is 12.4. The summed E-state index contributed by atoms with van der Waals surface area (Å²) in [6, 6.07) is 11.6. The first-order valence-corrected chi connectivity index (χ1v) is 8.44. The van der Waals surface area contributed by atoms with Crippen LogP contribution in [0.2, 0.25) is 0 Å². The summed E-state index contributed by atoms with van der Waals surface area (Å²) >= 11 is 1.49. The normalized spacial score (nSPS) is 26.3. The fourth-order valence-electron chi connectivity index (χ4n) is 3.49. The molecule has 2 heterocycles. The Labute approximate surface area is 133 Å². The van der Waals surface area contributed by atoms with Gasteiger partial charge in [-0.2, -0.15) is 0 Å². The highest BCUT2D eigenvalue weighted by Crippen LogP contribution is 2.32. The number of benzene rings is 1. The van der Waals surface area contributed by atoms with Gasteiger partial charge in [-0.25, -0.2) is 0 Å². The molecule has 1 aliphatic heterocycles. The summed E-state index contributed by atoms with van der Waals surface area (Å²) in [5.41, 5.74) is 1.02. The molecule has 1 aromatic carbocycles. The van der Waals surface area contributed by atoms with Gasteiger partial charge < -0.3 is 15.7 Å². The largest absolute Gasteiger partial charge is 0.508 e. The van der Waals surface area contributed by atoms with Crippen LogP contribution in [0.25, 0.3) is 10.4 Å². The molecule has 114 valence electrons. The number of hydrogen-bond donors (Lipinski definition) is 3. The number of carbonyl (C=O) groups is 1. The van der Waals surface area contributed by atoms with Crippen molar-refractivity contribution in [2.24, 2.45) is 5.92 Å². The highest BCUT2D eigenvalue weighted by Gasteiger charge is 2.40. The number of amides is 1. The van der Waals surface area contributed by atoms with Gasteiger partial charge >= 0.3 is 0 Å². The molecule has 1 aromatic heterocycles. The van der Waals surface area contributed by atoms with Crippen LogP contribution in [0.4, 0.5) is 0 Å². The highest BCUT2D eigenvalue weighted by atomic mass is 32.1. The summed E-state index contributed by atoms with van der Waals surface area (Å²) < 4.78 is 0.